The standard InChI is InChI=1S/C18H20ClN3O6S2/c1-3-29(25,26)21-18-11(2)6-14(19)9-13(18)7-12-4-5-15(16(23)8-12)22-10-17(24)20-30(22,27)28/h4-6,8-10,20-21,23-24H,3,7H2,1-2H3. The van der Waals surface area contributed by atoms with Crippen LogP contribution in [0.1, 0.15) is 23.6 Å². The van der Waals surface area contributed by atoms with Gasteiger partial charge in [0.2, 0.25) is 15.9 Å². The lowest BCUT2D eigenvalue weighted by atomic mass is 10.0. The molecule has 0 bridgehead atoms. The third kappa shape index (κ3) is 4.58. The van der Waals surface area contributed by atoms with E-state index in [4.69, 9.17) is 11.6 Å². The molecule has 0 fully saturated rings. The zero-order valence-electron chi connectivity index (χ0n) is 16.0. The van der Waals surface area contributed by atoms with Gasteiger partial charge in [-0.1, -0.05) is 17.7 Å². The summed E-state index contributed by atoms with van der Waals surface area (Å²) in [5.74, 6) is -0.998. The van der Waals surface area contributed by atoms with Crippen LogP contribution < -0.4 is 13.7 Å². The van der Waals surface area contributed by atoms with Gasteiger partial charge in [-0.3, -0.25) is 4.72 Å². The highest BCUT2D eigenvalue weighted by Gasteiger charge is 2.30. The molecule has 162 valence electrons. The summed E-state index contributed by atoms with van der Waals surface area (Å²) in [7, 11) is -7.56. The Labute approximate surface area is 179 Å². The van der Waals surface area contributed by atoms with Crippen molar-refractivity contribution < 1.29 is 27.0 Å². The van der Waals surface area contributed by atoms with Crippen molar-refractivity contribution in [2.24, 2.45) is 0 Å². The first-order chi connectivity index (χ1) is 13.9. The second-order valence-corrected chi connectivity index (χ2v) is 10.7. The Hall–Kier alpha value is -2.63. The van der Waals surface area contributed by atoms with Gasteiger partial charge < -0.3 is 10.2 Å². The fraction of sp³-hybridized carbons (Fsp3) is 0.222. The minimum absolute atomic E-state index is 0.0514. The number of sulfonamides is 1. The van der Waals surface area contributed by atoms with Gasteiger partial charge in [-0.15, -0.1) is 0 Å². The van der Waals surface area contributed by atoms with Gasteiger partial charge in [-0.25, -0.2) is 17.4 Å². The van der Waals surface area contributed by atoms with Crippen LogP contribution in [0.2, 0.25) is 5.02 Å². The van der Waals surface area contributed by atoms with Crippen LogP contribution in [-0.2, 0) is 26.7 Å². The third-order valence-electron chi connectivity index (χ3n) is 4.42. The van der Waals surface area contributed by atoms with Crippen LogP contribution in [0.25, 0.3) is 0 Å². The van der Waals surface area contributed by atoms with E-state index < -0.39 is 26.1 Å². The molecule has 0 spiro atoms. The van der Waals surface area contributed by atoms with Gasteiger partial charge in [-0.05, 0) is 61.2 Å². The molecule has 2 aromatic carbocycles. The number of nitrogens with zero attached hydrogens (tertiary/aromatic N) is 1. The maximum absolute atomic E-state index is 12.1. The van der Waals surface area contributed by atoms with Gasteiger partial charge in [0.15, 0.2) is 0 Å². The molecular formula is C18H20ClN3O6S2. The number of benzene rings is 2. The molecule has 1 heterocycles. The number of hydrogen-bond donors (Lipinski definition) is 4. The molecular weight excluding hydrogens is 454 g/mol. The Morgan fingerprint density at radius 2 is 1.90 bits per heavy atom. The number of halogens is 1. The molecule has 0 amide bonds. The number of aliphatic hydroxyl groups is 1. The topological polar surface area (TPSA) is 136 Å². The zero-order chi connectivity index (χ0) is 22.3. The molecule has 3 rings (SSSR count). The highest BCUT2D eigenvalue weighted by atomic mass is 35.5. The molecule has 0 aliphatic carbocycles. The number of rotatable bonds is 6. The smallest absolute Gasteiger partial charge is 0.330 e. The van der Waals surface area contributed by atoms with Crippen LogP contribution in [0.4, 0.5) is 11.4 Å². The highest BCUT2D eigenvalue weighted by molar-refractivity contribution is 7.92. The summed E-state index contributed by atoms with van der Waals surface area (Å²) in [6, 6.07) is 7.60. The Morgan fingerprint density at radius 1 is 1.20 bits per heavy atom. The summed E-state index contributed by atoms with van der Waals surface area (Å²) in [6.07, 6.45) is 1.16. The number of hydrogen-bond acceptors (Lipinski definition) is 6. The number of aryl methyl sites for hydroxylation is 1. The summed E-state index contributed by atoms with van der Waals surface area (Å²) in [6.45, 7) is 3.25. The summed E-state index contributed by atoms with van der Waals surface area (Å²) in [5.41, 5.74) is 2.18. The van der Waals surface area contributed by atoms with Crippen molar-refractivity contribution in [3.05, 3.63) is 64.1 Å². The molecule has 0 radical (unpaired) electrons. The van der Waals surface area contributed by atoms with E-state index in [2.05, 4.69) is 4.72 Å². The van der Waals surface area contributed by atoms with Gasteiger partial charge in [0.1, 0.15) is 11.4 Å². The normalized spacial score (nSPS) is 15.6. The second-order valence-electron chi connectivity index (χ2n) is 6.68. The average Bonchev–Trinajstić information content (AvgIpc) is 2.90. The predicted octanol–water partition coefficient (Wildman–Crippen LogP) is 2.72. The summed E-state index contributed by atoms with van der Waals surface area (Å²) < 4.78 is 53.3. The summed E-state index contributed by atoms with van der Waals surface area (Å²) >= 11 is 6.14. The minimum atomic E-state index is -4.04. The number of aliphatic hydroxyl groups excluding tert-OH is 1. The Balaban J connectivity index is 1.97. The van der Waals surface area contributed by atoms with Crippen molar-refractivity contribution in [2.45, 2.75) is 20.3 Å². The van der Waals surface area contributed by atoms with E-state index in [9.17, 15) is 27.0 Å². The summed E-state index contributed by atoms with van der Waals surface area (Å²) in [5, 5.41) is 20.2. The number of anilines is 2. The number of nitrogens with one attached hydrogen (secondary N) is 2. The van der Waals surface area contributed by atoms with Crippen molar-refractivity contribution in [1.29, 1.82) is 0 Å². The fourth-order valence-corrected chi connectivity index (χ4v) is 5.11. The highest BCUT2D eigenvalue weighted by Crippen LogP contribution is 2.34. The van der Waals surface area contributed by atoms with Gasteiger partial charge >= 0.3 is 10.2 Å². The average molecular weight is 474 g/mol. The molecule has 2 aromatic rings. The van der Waals surface area contributed by atoms with Crippen molar-refractivity contribution in [1.82, 2.24) is 4.72 Å². The lowest BCUT2D eigenvalue weighted by Gasteiger charge is -2.18. The Bertz CT molecular complexity index is 1240. The molecule has 0 unspecified atom stereocenters. The molecule has 0 aromatic heterocycles. The first-order valence-corrected chi connectivity index (χ1v) is 12.2. The van der Waals surface area contributed by atoms with E-state index in [0.717, 1.165) is 6.20 Å². The van der Waals surface area contributed by atoms with E-state index in [-0.39, 0.29) is 23.6 Å². The van der Waals surface area contributed by atoms with E-state index in [1.165, 1.54) is 19.1 Å². The molecule has 0 saturated carbocycles. The first kappa shape index (κ1) is 22.1. The third-order valence-corrected chi connectivity index (χ3v) is 7.20. The maximum Gasteiger partial charge on any atom is 0.330 e. The van der Waals surface area contributed by atoms with E-state index >= 15 is 0 Å². The van der Waals surface area contributed by atoms with E-state index in [0.29, 0.717) is 31.7 Å². The van der Waals surface area contributed by atoms with Crippen molar-refractivity contribution in [3.8, 4) is 5.75 Å². The number of phenols is 1. The monoisotopic (exact) mass is 473 g/mol. The molecule has 30 heavy (non-hydrogen) atoms. The Morgan fingerprint density at radius 3 is 2.47 bits per heavy atom. The van der Waals surface area contributed by atoms with Gasteiger partial charge in [-0.2, -0.15) is 8.42 Å². The molecule has 1 aliphatic rings. The van der Waals surface area contributed by atoms with Crippen molar-refractivity contribution in [3.63, 3.8) is 0 Å². The van der Waals surface area contributed by atoms with Crippen LogP contribution in [0.5, 0.6) is 5.75 Å². The fourth-order valence-electron chi connectivity index (χ4n) is 3.00. The minimum Gasteiger partial charge on any atom is -0.506 e. The largest absolute Gasteiger partial charge is 0.506 e. The van der Waals surface area contributed by atoms with Gasteiger partial charge in [0.25, 0.3) is 0 Å². The molecule has 1 aliphatic heterocycles. The van der Waals surface area contributed by atoms with Crippen LogP contribution >= 0.6 is 11.6 Å². The van der Waals surface area contributed by atoms with Crippen LogP contribution in [0.15, 0.2) is 42.4 Å². The molecule has 4 N–H and O–H groups in total. The van der Waals surface area contributed by atoms with Crippen LogP contribution in [-0.4, -0.2) is 32.8 Å². The quantitative estimate of drug-likeness (QED) is 0.509. The molecule has 0 saturated heterocycles. The Kier molecular flexibility index (Phi) is 5.81. The van der Waals surface area contributed by atoms with E-state index in [1.807, 2.05) is 4.72 Å². The number of phenolic OH excluding ortho intramolecular Hbond substituents is 1. The first-order valence-electron chi connectivity index (χ1n) is 8.76. The maximum atomic E-state index is 12.1. The van der Waals surface area contributed by atoms with Gasteiger partial charge in [0.05, 0.1) is 17.6 Å². The van der Waals surface area contributed by atoms with Crippen molar-refractivity contribution >= 4 is 43.2 Å². The molecule has 0 atom stereocenters. The number of aromatic hydroxyl groups is 1. The van der Waals surface area contributed by atoms with Gasteiger partial charge in [0, 0.05) is 5.02 Å². The lowest BCUT2D eigenvalue weighted by Crippen LogP contribution is -2.29. The van der Waals surface area contributed by atoms with Crippen molar-refractivity contribution in [2.75, 3.05) is 14.8 Å². The SMILES string of the molecule is CCS(=O)(=O)Nc1c(C)cc(Cl)cc1Cc1ccc(N2C=C(O)NS2(=O)=O)c(O)c1. The molecule has 12 heteroatoms. The predicted molar refractivity (Wildman–Crippen MR) is 115 cm³/mol. The zero-order valence-corrected chi connectivity index (χ0v) is 18.4. The van der Waals surface area contributed by atoms with E-state index in [1.54, 1.807) is 25.1 Å². The second kappa shape index (κ2) is 7.89. The molecule has 9 nitrogen and oxygen atoms in total. The van der Waals surface area contributed by atoms with Crippen LogP contribution in [0.3, 0.4) is 0 Å². The van der Waals surface area contributed by atoms with Crippen LogP contribution in [0, 0.1) is 6.92 Å². The lowest BCUT2D eigenvalue weighted by molar-refractivity contribution is 0.392. The summed E-state index contributed by atoms with van der Waals surface area (Å²) in [4.78, 5) is 0.